The summed E-state index contributed by atoms with van der Waals surface area (Å²) in [6.07, 6.45) is 23.6. The first-order valence-electron chi connectivity index (χ1n) is 13.0. The Labute approximate surface area is 200 Å². The van der Waals surface area contributed by atoms with Crippen molar-refractivity contribution < 1.29 is 34.2 Å². The molecule has 0 heterocycles. The van der Waals surface area contributed by atoms with Gasteiger partial charge in [0.1, 0.15) is 0 Å². The van der Waals surface area contributed by atoms with Crippen LogP contribution in [0.15, 0.2) is 12.2 Å². The van der Waals surface area contributed by atoms with Crippen LogP contribution in [0.3, 0.4) is 0 Å². The highest BCUT2D eigenvalue weighted by Gasteiger charge is 2.35. The molecule has 0 rings (SSSR count). The largest absolute Gasteiger partial charge is 0.477 e. The first kappa shape index (κ1) is 31.1. The lowest BCUT2D eigenvalue weighted by Crippen LogP contribution is -2.57. The molecule has 0 fully saturated rings. The van der Waals surface area contributed by atoms with Crippen LogP contribution in [0.25, 0.3) is 0 Å². The summed E-state index contributed by atoms with van der Waals surface area (Å²) in [7, 11) is 0. The van der Waals surface area contributed by atoms with Crippen LogP contribution in [0.4, 0.5) is 0 Å². The molecule has 0 saturated carbocycles. The van der Waals surface area contributed by atoms with E-state index in [-0.39, 0.29) is 6.54 Å². The lowest BCUT2D eigenvalue weighted by molar-refractivity contribution is -0.907. The third kappa shape index (κ3) is 20.4. The number of quaternary nitrogens is 1. The van der Waals surface area contributed by atoms with E-state index in [9.17, 15) is 14.4 Å². The Balaban J connectivity index is 3.83. The molecular weight excluding hydrogens is 422 g/mol. The smallest absolute Gasteiger partial charge is 0.359 e. The molecule has 0 saturated heterocycles. The molecule has 7 heteroatoms. The van der Waals surface area contributed by atoms with Gasteiger partial charge in [0.15, 0.2) is 19.6 Å². The van der Waals surface area contributed by atoms with Gasteiger partial charge in [-0.2, -0.15) is 0 Å². The molecule has 0 aromatic heterocycles. The Morgan fingerprint density at radius 2 is 0.879 bits per heavy atom. The van der Waals surface area contributed by atoms with Crippen LogP contribution in [-0.2, 0) is 14.4 Å². The van der Waals surface area contributed by atoms with Gasteiger partial charge in [0.2, 0.25) is 0 Å². The van der Waals surface area contributed by atoms with Crippen molar-refractivity contribution in [2.75, 3.05) is 26.2 Å². The molecule has 7 nitrogen and oxygen atoms in total. The average molecular weight is 471 g/mol. The minimum absolute atomic E-state index is 0.254. The van der Waals surface area contributed by atoms with E-state index in [1.807, 2.05) is 0 Å². The van der Waals surface area contributed by atoms with Gasteiger partial charge >= 0.3 is 17.9 Å². The van der Waals surface area contributed by atoms with Gasteiger partial charge in [-0.3, -0.25) is 4.48 Å². The topological polar surface area (TPSA) is 112 Å². The Kier molecular flexibility index (Phi) is 19.5. The first-order chi connectivity index (χ1) is 15.8. The summed E-state index contributed by atoms with van der Waals surface area (Å²) in [5.41, 5.74) is 0. The maximum Gasteiger partial charge on any atom is 0.359 e. The zero-order chi connectivity index (χ0) is 24.8. The van der Waals surface area contributed by atoms with Crippen molar-refractivity contribution in [1.29, 1.82) is 0 Å². The number of carboxylic acid groups (broad SMARTS) is 3. The van der Waals surface area contributed by atoms with Crippen molar-refractivity contribution in [2.45, 2.75) is 110 Å². The number of nitrogens with zero attached hydrogens (tertiary/aromatic N) is 1. The predicted octanol–water partition coefficient (Wildman–Crippen LogP) is 5.87. The Morgan fingerprint density at radius 3 is 1.24 bits per heavy atom. The van der Waals surface area contributed by atoms with Crippen molar-refractivity contribution in [3.8, 4) is 0 Å². The molecular formula is C26H48NO6+. The number of hydrogen-bond donors (Lipinski definition) is 3. The summed E-state index contributed by atoms with van der Waals surface area (Å²) >= 11 is 0. The molecule has 0 amide bonds. The van der Waals surface area contributed by atoms with Crippen LogP contribution in [0.5, 0.6) is 0 Å². The summed E-state index contributed by atoms with van der Waals surface area (Å²) < 4.78 is -0.443. The standard InChI is InChI=1S/C26H47NO6/c1-2-3-4-5-6-7-8-9-10-11-12-13-14-15-16-17-18-19-20-27(21-24(28)29,22-25(30)31)23-26(32)33/h12-13H,2-11,14-23H2,1H3,(H2-,28,29,30,31,32,33)/p+1/b13-12-. The van der Waals surface area contributed by atoms with Crippen LogP contribution in [0, 0.1) is 0 Å². The molecule has 0 atom stereocenters. The van der Waals surface area contributed by atoms with E-state index < -0.39 is 42.0 Å². The van der Waals surface area contributed by atoms with Gasteiger partial charge in [-0.1, -0.05) is 83.3 Å². The second-order valence-electron chi connectivity index (χ2n) is 9.37. The van der Waals surface area contributed by atoms with Crippen molar-refractivity contribution in [1.82, 2.24) is 0 Å². The van der Waals surface area contributed by atoms with Crippen LogP contribution < -0.4 is 0 Å². The van der Waals surface area contributed by atoms with Gasteiger partial charge in [0.05, 0.1) is 6.54 Å². The van der Waals surface area contributed by atoms with E-state index in [1.54, 1.807) is 0 Å². The summed E-state index contributed by atoms with van der Waals surface area (Å²) in [4.78, 5) is 33.5. The Hall–Kier alpha value is -1.89. The van der Waals surface area contributed by atoms with E-state index in [2.05, 4.69) is 19.1 Å². The minimum atomic E-state index is -1.17. The number of unbranched alkanes of at least 4 members (excludes halogenated alkanes) is 14. The van der Waals surface area contributed by atoms with Crippen LogP contribution >= 0.6 is 0 Å². The molecule has 0 aromatic carbocycles. The molecule has 3 N–H and O–H groups in total. The average Bonchev–Trinajstić information content (AvgIpc) is 2.71. The fourth-order valence-electron chi connectivity index (χ4n) is 4.31. The number of allylic oxidation sites excluding steroid dienone is 2. The molecule has 0 unspecified atom stereocenters. The SMILES string of the molecule is CCCCCCCCCCC/C=C\CCCCCCC[N+](CC(=O)O)(CC(=O)O)CC(=O)O. The third-order valence-electron chi connectivity index (χ3n) is 6.06. The highest BCUT2D eigenvalue weighted by atomic mass is 16.4. The van der Waals surface area contributed by atoms with Crippen molar-refractivity contribution >= 4 is 17.9 Å². The lowest BCUT2D eigenvalue weighted by Gasteiger charge is -2.34. The van der Waals surface area contributed by atoms with E-state index in [1.165, 1.54) is 57.8 Å². The molecule has 0 aliphatic rings. The third-order valence-corrected chi connectivity index (χ3v) is 6.06. The van der Waals surface area contributed by atoms with Crippen molar-refractivity contribution in [3.63, 3.8) is 0 Å². The summed E-state index contributed by atoms with van der Waals surface area (Å²) in [6.45, 7) is 1.05. The second-order valence-corrected chi connectivity index (χ2v) is 9.37. The first-order valence-corrected chi connectivity index (χ1v) is 13.0. The molecule has 0 aliphatic carbocycles. The molecule has 0 aromatic rings. The van der Waals surface area contributed by atoms with Crippen molar-refractivity contribution in [2.24, 2.45) is 0 Å². The van der Waals surface area contributed by atoms with Crippen LogP contribution in [-0.4, -0.2) is 63.9 Å². The second kappa shape index (κ2) is 20.7. The number of hydrogen-bond acceptors (Lipinski definition) is 3. The monoisotopic (exact) mass is 470 g/mol. The normalized spacial score (nSPS) is 11.8. The molecule has 0 bridgehead atoms. The van der Waals surface area contributed by atoms with Gasteiger partial charge in [-0.15, -0.1) is 0 Å². The van der Waals surface area contributed by atoms with E-state index >= 15 is 0 Å². The fourth-order valence-corrected chi connectivity index (χ4v) is 4.31. The van der Waals surface area contributed by atoms with E-state index in [4.69, 9.17) is 15.3 Å². The maximum absolute atomic E-state index is 11.2. The quantitative estimate of drug-likeness (QED) is 0.0923. The summed E-state index contributed by atoms with van der Waals surface area (Å²) in [5, 5.41) is 27.4. The minimum Gasteiger partial charge on any atom is -0.477 e. The lowest BCUT2D eigenvalue weighted by atomic mass is 10.1. The zero-order valence-electron chi connectivity index (χ0n) is 20.8. The van der Waals surface area contributed by atoms with Gasteiger partial charge in [0.25, 0.3) is 0 Å². The molecule has 0 radical (unpaired) electrons. The maximum atomic E-state index is 11.2. The predicted molar refractivity (Wildman–Crippen MR) is 131 cm³/mol. The number of carboxylic acids is 3. The van der Waals surface area contributed by atoms with Gasteiger partial charge in [0, 0.05) is 0 Å². The molecule has 0 spiro atoms. The Morgan fingerprint density at radius 1 is 0.545 bits per heavy atom. The van der Waals surface area contributed by atoms with E-state index in [0.29, 0.717) is 6.42 Å². The summed E-state index contributed by atoms with van der Waals surface area (Å²) in [6, 6.07) is 0. The molecule has 33 heavy (non-hydrogen) atoms. The number of carbonyl (C=O) groups is 3. The highest BCUT2D eigenvalue weighted by molar-refractivity contribution is 5.73. The highest BCUT2D eigenvalue weighted by Crippen LogP contribution is 2.14. The van der Waals surface area contributed by atoms with Crippen LogP contribution in [0.1, 0.15) is 110 Å². The van der Waals surface area contributed by atoms with Crippen molar-refractivity contribution in [3.05, 3.63) is 12.2 Å². The number of rotatable bonds is 24. The molecule has 192 valence electrons. The van der Waals surface area contributed by atoms with E-state index in [0.717, 1.165) is 38.5 Å². The Bertz CT molecular complexity index is 520. The zero-order valence-corrected chi connectivity index (χ0v) is 20.8. The van der Waals surface area contributed by atoms with Crippen LogP contribution in [0.2, 0.25) is 0 Å². The summed E-state index contributed by atoms with van der Waals surface area (Å²) in [5.74, 6) is -3.52. The van der Waals surface area contributed by atoms with Gasteiger partial charge in [-0.25, -0.2) is 14.4 Å². The number of aliphatic carboxylic acids is 3. The van der Waals surface area contributed by atoms with Gasteiger partial charge < -0.3 is 15.3 Å². The van der Waals surface area contributed by atoms with Gasteiger partial charge in [-0.05, 0) is 38.5 Å². The fraction of sp³-hybridized carbons (Fsp3) is 0.808. The molecule has 0 aliphatic heterocycles.